The molecule has 2 aromatic rings. The van der Waals surface area contributed by atoms with Crippen molar-refractivity contribution in [2.45, 2.75) is 31.4 Å². The van der Waals surface area contributed by atoms with Crippen LogP contribution in [0.25, 0.3) is 12.2 Å². The number of ketones is 1. The Hall–Kier alpha value is -2.73. The molecule has 1 aliphatic heterocycles. The topological polar surface area (TPSA) is 64.6 Å². The largest absolute Gasteiger partial charge is 0.350 e. The van der Waals surface area contributed by atoms with Crippen molar-refractivity contribution < 1.29 is 19.2 Å². The van der Waals surface area contributed by atoms with Gasteiger partial charge in [-0.15, -0.1) is 11.6 Å². The molecule has 1 saturated heterocycles. The van der Waals surface area contributed by atoms with Gasteiger partial charge in [0.25, 0.3) is 5.91 Å². The fourth-order valence-corrected chi connectivity index (χ4v) is 3.09. The summed E-state index contributed by atoms with van der Waals surface area (Å²) in [6.45, 7) is 0.655. The molecule has 1 N–H and O–H groups in total. The molecule has 0 spiro atoms. The van der Waals surface area contributed by atoms with Gasteiger partial charge in [-0.05, 0) is 47.8 Å². The standard InChI is InChI=1S/C24H24ClNO4/c25-17-20-4-3-5-21(16-20)22(27)13-11-18-7-9-19(10-8-18)12-14-23(28)26-30-24-6-1-2-15-29-24/h3-5,7-14,16,24H,1-2,6,15,17H2,(H,26,28)/b13-11+,14-12+. The first-order valence-corrected chi connectivity index (χ1v) is 10.4. The van der Waals surface area contributed by atoms with Crippen molar-refractivity contribution in [3.05, 3.63) is 82.9 Å². The van der Waals surface area contributed by atoms with Gasteiger partial charge in [-0.3, -0.25) is 9.59 Å². The first kappa shape index (κ1) is 22.0. The van der Waals surface area contributed by atoms with Gasteiger partial charge < -0.3 is 4.74 Å². The van der Waals surface area contributed by atoms with Crippen molar-refractivity contribution in [3.8, 4) is 0 Å². The van der Waals surface area contributed by atoms with Crippen LogP contribution in [0.15, 0.2) is 60.7 Å². The molecule has 1 fully saturated rings. The zero-order chi connectivity index (χ0) is 21.2. The van der Waals surface area contributed by atoms with E-state index < -0.39 is 0 Å². The van der Waals surface area contributed by atoms with Gasteiger partial charge in [0.05, 0.1) is 0 Å². The summed E-state index contributed by atoms with van der Waals surface area (Å²) in [5, 5.41) is 0. The van der Waals surface area contributed by atoms with Crippen LogP contribution in [0.5, 0.6) is 0 Å². The van der Waals surface area contributed by atoms with Gasteiger partial charge >= 0.3 is 0 Å². The predicted molar refractivity (Wildman–Crippen MR) is 118 cm³/mol. The quantitative estimate of drug-likeness (QED) is 0.282. The monoisotopic (exact) mass is 425 g/mol. The van der Waals surface area contributed by atoms with E-state index in [-0.39, 0.29) is 18.0 Å². The van der Waals surface area contributed by atoms with Crippen LogP contribution in [0.1, 0.15) is 46.3 Å². The molecule has 0 bridgehead atoms. The smallest absolute Gasteiger partial charge is 0.267 e. The van der Waals surface area contributed by atoms with E-state index >= 15 is 0 Å². The van der Waals surface area contributed by atoms with Crippen LogP contribution in [-0.4, -0.2) is 24.6 Å². The van der Waals surface area contributed by atoms with E-state index in [0.29, 0.717) is 18.1 Å². The molecular weight excluding hydrogens is 402 g/mol. The summed E-state index contributed by atoms with van der Waals surface area (Å²) in [7, 11) is 0. The maximum Gasteiger partial charge on any atom is 0.267 e. The van der Waals surface area contributed by atoms with Crippen LogP contribution < -0.4 is 5.48 Å². The van der Waals surface area contributed by atoms with Crippen LogP contribution in [0.2, 0.25) is 0 Å². The van der Waals surface area contributed by atoms with Crippen molar-refractivity contribution in [3.63, 3.8) is 0 Å². The Kier molecular flexibility index (Phi) is 8.39. The van der Waals surface area contributed by atoms with E-state index in [4.69, 9.17) is 21.2 Å². The van der Waals surface area contributed by atoms with Gasteiger partial charge in [-0.25, -0.2) is 10.3 Å². The molecule has 0 saturated carbocycles. The summed E-state index contributed by atoms with van der Waals surface area (Å²) < 4.78 is 5.39. The molecule has 1 atom stereocenters. The number of carbonyl (C=O) groups excluding carboxylic acids is 2. The third-order valence-corrected chi connectivity index (χ3v) is 4.89. The molecule has 1 unspecified atom stereocenters. The number of hydrogen-bond acceptors (Lipinski definition) is 4. The minimum absolute atomic E-state index is 0.0791. The number of benzene rings is 2. The van der Waals surface area contributed by atoms with Crippen LogP contribution in [0, 0.1) is 0 Å². The summed E-state index contributed by atoms with van der Waals surface area (Å²) in [5.41, 5.74) is 5.64. The van der Waals surface area contributed by atoms with Crippen molar-refractivity contribution >= 4 is 35.4 Å². The zero-order valence-corrected chi connectivity index (χ0v) is 17.3. The highest BCUT2D eigenvalue weighted by Crippen LogP contribution is 2.13. The Bertz CT molecular complexity index is 915. The van der Waals surface area contributed by atoms with E-state index in [1.807, 2.05) is 36.4 Å². The van der Waals surface area contributed by atoms with E-state index in [1.165, 1.54) is 12.2 Å². The Balaban J connectivity index is 1.50. The molecule has 0 radical (unpaired) electrons. The Morgan fingerprint density at radius 3 is 2.47 bits per heavy atom. The Labute approximate surface area is 181 Å². The van der Waals surface area contributed by atoms with E-state index in [1.54, 1.807) is 24.3 Å². The number of rotatable bonds is 8. The second-order valence-corrected chi connectivity index (χ2v) is 7.18. The molecule has 6 heteroatoms. The summed E-state index contributed by atoms with van der Waals surface area (Å²) in [4.78, 5) is 29.4. The average molecular weight is 426 g/mol. The van der Waals surface area contributed by atoms with Crippen molar-refractivity contribution in [2.75, 3.05) is 6.61 Å². The zero-order valence-electron chi connectivity index (χ0n) is 16.6. The molecule has 1 amide bonds. The summed E-state index contributed by atoms with van der Waals surface area (Å²) in [6, 6.07) is 14.8. The van der Waals surface area contributed by atoms with Gasteiger partial charge in [0.15, 0.2) is 12.1 Å². The molecule has 30 heavy (non-hydrogen) atoms. The molecule has 1 heterocycles. The third kappa shape index (κ3) is 6.95. The molecule has 3 rings (SSSR count). The van der Waals surface area contributed by atoms with Gasteiger partial charge in [0, 0.05) is 30.5 Å². The van der Waals surface area contributed by atoms with Gasteiger partial charge in [-0.2, -0.15) is 0 Å². The van der Waals surface area contributed by atoms with Crippen LogP contribution in [0.4, 0.5) is 0 Å². The second-order valence-electron chi connectivity index (χ2n) is 6.91. The summed E-state index contributed by atoms with van der Waals surface area (Å²) in [5.74, 6) is -0.0549. The lowest BCUT2D eigenvalue weighted by Crippen LogP contribution is -2.32. The average Bonchev–Trinajstić information content (AvgIpc) is 2.81. The Morgan fingerprint density at radius 2 is 1.80 bits per heavy atom. The minimum atomic E-state index is -0.373. The van der Waals surface area contributed by atoms with E-state index in [2.05, 4.69) is 5.48 Å². The molecule has 0 aromatic heterocycles. The maximum absolute atomic E-state index is 12.3. The molecule has 1 aliphatic rings. The fraction of sp³-hybridized carbons (Fsp3) is 0.250. The first-order chi connectivity index (χ1) is 14.6. The predicted octanol–water partition coefficient (Wildman–Crippen LogP) is 4.91. The SMILES string of the molecule is O=C(/C=C/c1ccc(/C=C/C(=O)c2cccc(CCl)c2)cc1)NOC1CCCCO1. The van der Waals surface area contributed by atoms with Gasteiger partial charge in [-0.1, -0.05) is 48.5 Å². The summed E-state index contributed by atoms with van der Waals surface area (Å²) in [6.07, 6.45) is 8.85. The van der Waals surface area contributed by atoms with Gasteiger partial charge in [0.1, 0.15) is 0 Å². The lowest BCUT2D eigenvalue weighted by Gasteiger charge is -2.21. The van der Waals surface area contributed by atoms with Gasteiger partial charge in [0.2, 0.25) is 0 Å². The fourth-order valence-electron chi connectivity index (χ4n) is 2.93. The second kappa shape index (κ2) is 11.5. The maximum atomic E-state index is 12.3. The number of alkyl halides is 1. The van der Waals surface area contributed by atoms with Crippen molar-refractivity contribution in [1.29, 1.82) is 0 Å². The number of allylic oxidation sites excluding steroid dienone is 1. The highest BCUT2D eigenvalue weighted by molar-refractivity contribution is 6.17. The molecular formula is C24H24ClNO4. The van der Waals surface area contributed by atoms with Crippen molar-refractivity contribution in [1.82, 2.24) is 5.48 Å². The number of halogens is 1. The highest BCUT2D eigenvalue weighted by atomic mass is 35.5. The first-order valence-electron chi connectivity index (χ1n) is 9.87. The Morgan fingerprint density at radius 1 is 1.07 bits per heavy atom. The molecule has 2 aromatic carbocycles. The lowest BCUT2D eigenvalue weighted by molar-refractivity contribution is -0.198. The third-order valence-electron chi connectivity index (χ3n) is 4.59. The number of hydrogen-bond donors (Lipinski definition) is 1. The number of carbonyl (C=O) groups is 2. The van der Waals surface area contributed by atoms with Crippen molar-refractivity contribution in [2.24, 2.45) is 0 Å². The molecule has 156 valence electrons. The van der Waals surface area contributed by atoms with E-state index in [9.17, 15) is 9.59 Å². The molecule has 5 nitrogen and oxygen atoms in total. The number of nitrogens with one attached hydrogen (secondary N) is 1. The number of hydroxylamine groups is 1. The minimum Gasteiger partial charge on any atom is -0.350 e. The van der Waals surface area contributed by atoms with Crippen LogP contribution in [-0.2, 0) is 20.2 Å². The number of ether oxygens (including phenoxy) is 1. The summed E-state index contributed by atoms with van der Waals surface area (Å²) >= 11 is 5.82. The molecule has 0 aliphatic carbocycles. The van der Waals surface area contributed by atoms with Crippen LogP contribution in [0.3, 0.4) is 0 Å². The van der Waals surface area contributed by atoms with E-state index in [0.717, 1.165) is 36.0 Å². The number of amides is 1. The lowest BCUT2D eigenvalue weighted by atomic mass is 10.1. The highest BCUT2D eigenvalue weighted by Gasteiger charge is 2.14. The van der Waals surface area contributed by atoms with Crippen LogP contribution >= 0.6 is 11.6 Å². The normalized spacial score (nSPS) is 16.8.